The largest absolute Gasteiger partial charge is 0.494 e. The number of fused-ring (bicyclic) bond motifs is 1. The maximum Gasteiger partial charge on any atom is 0.241 e. The van der Waals surface area contributed by atoms with Crippen molar-refractivity contribution >= 4 is 22.4 Å². The van der Waals surface area contributed by atoms with Crippen molar-refractivity contribution in [1.82, 2.24) is 4.98 Å². The lowest BCUT2D eigenvalue weighted by atomic mass is 10.2. The monoisotopic (exact) mass is 261 g/mol. The minimum Gasteiger partial charge on any atom is -0.494 e. The molecule has 2 rings (SSSR count). The highest BCUT2D eigenvalue weighted by Crippen LogP contribution is 2.33. The maximum absolute atomic E-state index is 9.62. The molecule has 0 atom stereocenters. The summed E-state index contributed by atoms with van der Waals surface area (Å²) in [5, 5.41) is 26.3. The first-order valence-electron chi connectivity index (χ1n) is 5.88. The molecule has 0 amide bonds. The fourth-order valence-electron chi connectivity index (χ4n) is 1.72. The normalized spacial score (nSPS) is 11.7. The molecule has 1 aromatic heterocycles. The van der Waals surface area contributed by atoms with E-state index in [4.69, 9.17) is 5.53 Å². The summed E-state index contributed by atoms with van der Waals surface area (Å²) in [5.74, 6) is 0.0237. The summed E-state index contributed by atoms with van der Waals surface area (Å²) < 4.78 is 0. The first kappa shape index (κ1) is 12.9. The zero-order chi connectivity index (χ0) is 13.8. The molecule has 0 fully saturated rings. The Bertz CT molecular complexity index is 632. The number of rotatable bonds is 3. The third-order valence-corrected chi connectivity index (χ3v) is 2.61. The quantitative estimate of drug-likeness (QED) is 0.332. The molecule has 5 N–H and O–H groups in total. The van der Waals surface area contributed by atoms with Crippen LogP contribution in [0.4, 0.5) is 5.69 Å². The Morgan fingerprint density at radius 2 is 2.05 bits per heavy atom. The highest BCUT2D eigenvalue weighted by atomic mass is 16.3. The molecular formula is C12H15N5O2. The fourth-order valence-corrected chi connectivity index (χ4v) is 1.72. The van der Waals surface area contributed by atoms with Gasteiger partial charge in [-0.2, -0.15) is 0 Å². The van der Waals surface area contributed by atoms with E-state index in [2.05, 4.69) is 20.4 Å². The van der Waals surface area contributed by atoms with E-state index in [0.717, 1.165) is 6.42 Å². The molecule has 0 aliphatic rings. The number of aromatic hydroxyl groups is 2. The third-order valence-electron chi connectivity index (χ3n) is 2.61. The smallest absolute Gasteiger partial charge is 0.241 e. The number of benzene rings is 1. The van der Waals surface area contributed by atoms with E-state index in [1.54, 1.807) is 18.2 Å². The molecule has 7 heteroatoms. The van der Waals surface area contributed by atoms with Crippen molar-refractivity contribution in [3.63, 3.8) is 0 Å². The molecule has 0 bridgehead atoms. The van der Waals surface area contributed by atoms with Crippen LogP contribution in [0.3, 0.4) is 0 Å². The van der Waals surface area contributed by atoms with Crippen molar-refractivity contribution in [2.24, 2.45) is 10.1 Å². The summed E-state index contributed by atoms with van der Waals surface area (Å²) in [7, 11) is 0. The second-order valence-electron chi connectivity index (χ2n) is 4.02. The van der Waals surface area contributed by atoms with Gasteiger partial charge in [-0.1, -0.05) is 6.92 Å². The second-order valence-corrected chi connectivity index (χ2v) is 4.02. The maximum atomic E-state index is 9.62. The molecule has 2 aromatic rings. The van der Waals surface area contributed by atoms with Crippen LogP contribution in [0.2, 0.25) is 0 Å². The van der Waals surface area contributed by atoms with Gasteiger partial charge in [0.1, 0.15) is 0 Å². The molecule has 7 nitrogen and oxygen atoms in total. The van der Waals surface area contributed by atoms with Crippen LogP contribution in [-0.4, -0.2) is 27.7 Å². The number of aliphatic imine (C=N–C) groups is 1. The van der Waals surface area contributed by atoms with Crippen LogP contribution in [0.25, 0.3) is 10.8 Å². The Morgan fingerprint density at radius 1 is 1.32 bits per heavy atom. The van der Waals surface area contributed by atoms with Crippen LogP contribution in [0.5, 0.6) is 11.8 Å². The van der Waals surface area contributed by atoms with E-state index in [1.165, 1.54) is 0 Å². The lowest BCUT2D eigenvalue weighted by Gasteiger charge is -2.04. The molecule has 0 saturated carbocycles. The van der Waals surface area contributed by atoms with Gasteiger partial charge in [0.05, 0.1) is 0 Å². The van der Waals surface area contributed by atoms with Gasteiger partial charge in [0.2, 0.25) is 5.96 Å². The number of guanidine groups is 1. The number of hydrogen-bond acceptors (Lipinski definition) is 4. The number of hydrogen-bond donors (Lipinski definition) is 5. The minimum atomic E-state index is -0.106. The van der Waals surface area contributed by atoms with Crippen LogP contribution < -0.4 is 5.32 Å². The third kappa shape index (κ3) is 2.65. The van der Waals surface area contributed by atoms with Crippen molar-refractivity contribution in [1.29, 1.82) is 5.53 Å². The van der Waals surface area contributed by atoms with Crippen molar-refractivity contribution in [2.45, 2.75) is 13.3 Å². The van der Waals surface area contributed by atoms with E-state index in [9.17, 15) is 10.2 Å². The molecule has 1 heterocycles. The average molecular weight is 261 g/mol. The van der Waals surface area contributed by atoms with Crippen molar-refractivity contribution in [3.8, 4) is 11.8 Å². The summed E-state index contributed by atoms with van der Waals surface area (Å²) in [5.41, 5.74) is 7.67. The van der Waals surface area contributed by atoms with E-state index in [-0.39, 0.29) is 17.7 Å². The van der Waals surface area contributed by atoms with Crippen molar-refractivity contribution in [3.05, 3.63) is 18.2 Å². The summed E-state index contributed by atoms with van der Waals surface area (Å²) in [4.78, 5) is 6.53. The Balaban J connectivity index is 2.30. The molecular weight excluding hydrogens is 246 g/mol. The van der Waals surface area contributed by atoms with Crippen LogP contribution in [0, 0.1) is 5.53 Å². The predicted octanol–water partition coefficient (Wildman–Crippen LogP) is 2.79. The highest BCUT2D eigenvalue weighted by molar-refractivity contribution is 5.99. The molecule has 0 aliphatic carbocycles. The number of aromatic nitrogens is 1. The van der Waals surface area contributed by atoms with Gasteiger partial charge in [-0.3, -0.25) is 4.98 Å². The van der Waals surface area contributed by atoms with Crippen LogP contribution in [0.1, 0.15) is 13.3 Å². The number of H-pyrrole nitrogens is 1. The lowest BCUT2D eigenvalue weighted by Crippen LogP contribution is -2.08. The molecule has 0 spiro atoms. The van der Waals surface area contributed by atoms with Gasteiger partial charge in [0.15, 0.2) is 11.8 Å². The van der Waals surface area contributed by atoms with E-state index >= 15 is 0 Å². The molecule has 19 heavy (non-hydrogen) atoms. The van der Waals surface area contributed by atoms with Gasteiger partial charge in [0, 0.05) is 23.0 Å². The minimum absolute atomic E-state index is 0.0795. The molecule has 0 unspecified atom stereocenters. The molecule has 0 radical (unpaired) electrons. The SMILES string of the molecule is CCCN=C(N=N)Nc1ccc2c(O)[nH]c(O)c2c1. The van der Waals surface area contributed by atoms with E-state index in [0.29, 0.717) is 23.0 Å². The summed E-state index contributed by atoms with van der Waals surface area (Å²) in [6.07, 6.45) is 0.867. The van der Waals surface area contributed by atoms with Crippen molar-refractivity contribution < 1.29 is 10.2 Å². The fraction of sp³-hybridized carbons (Fsp3) is 0.250. The summed E-state index contributed by atoms with van der Waals surface area (Å²) in [6, 6.07) is 5.01. The zero-order valence-electron chi connectivity index (χ0n) is 10.4. The first-order chi connectivity index (χ1) is 9.15. The van der Waals surface area contributed by atoms with Crippen LogP contribution >= 0.6 is 0 Å². The van der Waals surface area contributed by atoms with Gasteiger partial charge in [-0.15, -0.1) is 5.11 Å². The Hall–Kier alpha value is -2.57. The van der Waals surface area contributed by atoms with E-state index in [1.807, 2.05) is 6.92 Å². The topological polar surface area (TPSA) is 117 Å². The lowest BCUT2D eigenvalue weighted by molar-refractivity contribution is 0.429. The van der Waals surface area contributed by atoms with E-state index < -0.39 is 0 Å². The van der Waals surface area contributed by atoms with Gasteiger partial charge < -0.3 is 15.5 Å². The zero-order valence-corrected chi connectivity index (χ0v) is 10.4. The second kappa shape index (κ2) is 5.38. The number of nitrogens with zero attached hydrogens (tertiary/aromatic N) is 2. The first-order valence-corrected chi connectivity index (χ1v) is 5.88. The average Bonchev–Trinajstić information content (AvgIpc) is 2.69. The molecule has 100 valence electrons. The van der Waals surface area contributed by atoms with Gasteiger partial charge >= 0.3 is 0 Å². The van der Waals surface area contributed by atoms with Crippen LogP contribution in [0.15, 0.2) is 28.3 Å². The Labute approximate surface area is 109 Å². The number of nitrogens with one attached hydrogen (secondary N) is 3. The molecule has 0 saturated heterocycles. The Morgan fingerprint density at radius 3 is 2.74 bits per heavy atom. The van der Waals surface area contributed by atoms with Gasteiger partial charge in [-0.25, -0.2) is 10.5 Å². The van der Waals surface area contributed by atoms with Crippen molar-refractivity contribution in [2.75, 3.05) is 11.9 Å². The molecule has 0 aliphatic heterocycles. The summed E-state index contributed by atoms with van der Waals surface area (Å²) in [6.45, 7) is 2.57. The summed E-state index contributed by atoms with van der Waals surface area (Å²) >= 11 is 0. The van der Waals surface area contributed by atoms with Crippen LogP contribution in [-0.2, 0) is 0 Å². The van der Waals surface area contributed by atoms with Gasteiger partial charge in [0.25, 0.3) is 0 Å². The number of aromatic amines is 1. The number of anilines is 1. The molecule has 1 aromatic carbocycles. The predicted molar refractivity (Wildman–Crippen MR) is 73.0 cm³/mol. The standard InChI is InChI=1S/C12H15N5O2/c1-2-5-14-12(17-13)15-7-3-4-8-9(6-7)11(19)16-10(8)18/h3-4,6,13,16,18-19H,2,5H2,1H3,(H,14,15). The van der Waals surface area contributed by atoms with Gasteiger partial charge in [-0.05, 0) is 24.6 Å². The highest BCUT2D eigenvalue weighted by Gasteiger charge is 2.09. The Kier molecular flexibility index (Phi) is 3.65.